The van der Waals surface area contributed by atoms with Gasteiger partial charge in [-0.3, -0.25) is 0 Å². The van der Waals surface area contributed by atoms with E-state index in [-0.39, 0.29) is 0 Å². The maximum atomic E-state index is 6.61. The van der Waals surface area contributed by atoms with Crippen LogP contribution in [0.4, 0.5) is 0 Å². The molecule has 0 nitrogen and oxygen atoms in total. The third-order valence-corrected chi connectivity index (χ3v) is 9.95. The van der Waals surface area contributed by atoms with E-state index in [4.69, 9.17) is 58.0 Å². The van der Waals surface area contributed by atoms with Gasteiger partial charge in [-0.1, -0.05) is 86.2 Å². The Morgan fingerprint density at radius 2 is 1.53 bits per heavy atom. The van der Waals surface area contributed by atoms with Crippen molar-refractivity contribution in [2.45, 2.75) is 37.0 Å². The fourth-order valence-electron chi connectivity index (χ4n) is 1.81. The second-order valence-corrected chi connectivity index (χ2v) is 10.5. The third kappa shape index (κ3) is 3.41. The van der Waals surface area contributed by atoms with Gasteiger partial charge >= 0.3 is 0 Å². The quantitative estimate of drug-likeness (QED) is 0.403. The number of benzene rings is 1. The first-order chi connectivity index (χ1) is 8.79. The maximum absolute atomic E-state index is 6.61. The molecule has 7 heteroatoms. The van der Waals surface area contributed by atoms with Crippen molar-refractivity contribution in [3.05, 3.63) is 30.3 Å². The molecule has 1 aromatic rings. The smallest absolute Gasteiger partial charge is 0.103 e. The van der Waals surface area contributed by atoms with Crippen LogP contribution in [0.3, 0.4) is 0 Å². The molecule has 1 aliphatic rings. The zero-order valence-electron chi connectivity index (χ0n) is 9.71. The second-order valence-electron chi connectivity index (χ2n) is 4.34. The molecule has 0 saturated heterocycles. The Kier molecular flexibility index (Phi) is 5.49. The van der Waals surface area contributed by atoms with E-state index in [9.17, 15) is 0 Å². The van der Waals surface area contributed by atoms with Crippen LogP contribution < -0.4 is 0 Å². The average Bonchev–Trinajstić information content (AvgIpc) is 2.35. The SMILES string of the molecule is ClC1(Cl)CCCC(Cl)(SSc2ccccc2)C1(Cl)Cl. The van der Waals surface area contributed by atoms with E-state index in [1.807, 2.05) is 30.3 Å². The molecule has 106 valence electrons. The van der Waals surface area contributed by atoms with Crippen LogP contribution in [0.1, 0.15) is 19.3 Å². The van der Waals surface area contributed by atoms with Crippen LogP contribution >= 0.6 is 79.6 Å². The molecule has 0 aromatic heterocycles. The van der Waals surface area contributed by atoms with Crippen LogP contribution in [0.5, 0.6) is 0 Å². The molecule has 0 bridgehead atoms. The van der Waals surface area contributed by atoms with Crippen molar-refractivity contribution >= 4 is 79.6 Å². The Hall–Kier alpha value is 1.37. The molecule has 0 amide bonds. The van der Waals surface area contributed by atoms with Crippen LogP contribution in [-0.2, 0) is 0 Å². The Morgan fingerprint density at radius 1 is 0.895 bits per heavy atom. The first-order valence-corrected chi connectivity index (χ1v) is 9.68. The molecule has 19 heavy (non-hydrogen) atoms. The third-order valence-electron chi connectivity index (χ3n) is 2.93. The Bertz CT molecular complexity index is 437. The molecule has 0 aliphatic heterocycles. The summed E-state index contributed by atoms with van der Waals surface area (Å²) in [7, 11) is 2.94. The molecule has 1 aliphatic carbocycles. The van der Waals surface area contributed by atoms with E-state index < -0.39 is 12.9 Å². The van der Waals surface area contributed by atoms with Gasteiger partial charge in [-0.25, -0.2) is 0 Å². The highest BCUT2D eigenvalue weighted by atomic mass is 35.5. The number of rotatable bonds is 3. The summed E-state index contributed by atoms with van der Waals surface area (Å²) >= 11 is 31.8. The minimum Gasteiger partial charge on any atom is -0.103 e. The summed E-state index contributed by atoms with van der Waals surface area (Å²) in [4.78, 5) is 1.08. The summed E-state index contributed by atoms with van der Waals surface area (Å²) in [6, 6.07) is 9.89. The monoisotopic (exact) mass is 394 g/mol. The Balaban J connectivity index is 2.13. The van der Waals surface area contributed by atoms with Crippen molar-refractivity contribution in [2.75, 3.05) is 0 Å². The van der Waals surface area contributed by atoms with Crippen molar-refractivity contribution < 1.29 is 0 Å². The molecule has 2 rings (SSSR count). The average molecular weight is 397 g/mol. The molecule has 0 N–H and O–H groups in total. The topological polar surface area (TPSA) is 0 Å². The minimum atomic E-state index is -1.41. The summed E-state index contributed by atoms with van der Waals surface area (Å²) in [5.74, 6) is 0. The van der Waals surface area contributed by atoms with Gasteiger partial charge in [0.1, 0.15) is 4.21 Å². The van der Waals surface area contributed by atoms with Crippen LogP contribution in [0.25, 0.3) is 0 Å². The normalized spacial score (nSPS) is 29.1. The van der Waals surface area contributed by atoms with Gasteiger partial charge in [0.2, 0.25) is 0 Å². The highest BCUT2D eigenvalue weighted by Gasteiger charge is 2.63. The van der Waals surface area contributed by atoms with Gasteiger partial charge in [0.15, 0.2) is 8.67 Å². The van der Waals surface area contributed by atoms with Gasteiger partial charge in [-0.05, 0) is 31.4 Å². The number of hydrogen-bond acceptors (Lipinski definition) is 2. The standard InChI is InChI=1S/C12H11Cl5S2/c13-10(14)7-4-8-11(15,12(10,16)17)19-18-9-5-2-1-3-6-9/h1-3,5-6H,4,7-8H2. The van der Waals surface area contributed by atoms with Gasteiger partial charge in [0, 0.05) is 4.90 Å². The minimum absolute atomic E-state index is 0.536. The van der Waals surface area contributed by atoms with Gasteiger partial charge in [-0.2, -0.15) is 0 Å². The van der Waals surface area contributed by atoms with Crippen molar-refractivity contribution in [3.8, 4) is 0 Å². The summed E-state index contributed by atoms with van der Waals surface area (Å²) < 4.78 is -3.56. The van der Waals surface area contributed by atoms with E-state index in [0.29, 0.717) is 12.8 Å². The molecule has 1 aromatic carbocycles. The molecule has 1 saturated carbocycles. The first kappa shape index (κ1) is 16.7. The zero-order chi connectivity index (χ0) is 14.1. The summed E-state index contributed by atoms with van der Waals surface area (Å²) in [5, 5.41) is 0. The Morgan fingerprint density at radius 3 is 2.16 bits per heavy atom. The summed E-state index contributed by atoms with van der Waals surface area (Å²) in [5.41, 5.74) is 0. The molecular weight excluding hydrogens is 386 g/mol. The zero-order valence-corrected chi connectivity index (χ0v) is 15.1. The molecule has 0 heterocycles. The van der Waals surface area contributed by atoms with Crippen LogP contribution in [0.2, 0.25) is 0 Å². The second kappa shape index (κ2) is 6.24. The van der Waals surface area contributed by atoms with E-state index >= 15 is 0 Å². The van der Waals surface area contributed by atoms with Crippen molar-refractivity contribution in [2.24, 2.45) is 0 Å². The largest absolute Gasteiger partial charge is 0.179 e. The van der Waals surface area contributed by atoms with Gasteiger partial charge in [0.05, 0.1) is 0 Å². The van der Waals surface area contributed by atoms with Crippen LogP contribution in [-0.4, -0.2) is 12.9 Å². The molecule has 1 unspecified atom stereocenters. The predicted octanol–water partition coefficient (Wildman–Crippen LogP) is 6.89. The van der Waals surface area contributed by atoms with E-state index in [1.54, 1.807) is 0 Å². The lowest BCUT2D eigenvalue weighted by molar-refractivity contribution is 0.437. The number of halogens is 5. The van der Waals surface area contributed by atoms with E-state index in [2.05, 4.69) is 0 Å². The van der Waals surface area contributed by atoms with Crippen molar-refractivity contribution in [1.82, 2.24) is 0 Å². The predicted molar refractivity (Wildman–Crippen MR) is 91.2 cm³/mol. The van der Waals surface area contributed by atoms with Crippen LogP contribution in [0, 0.1) is 0 Å². The lowest BCUT2D eigenvalue weighted by atomic mass is 9.97. The van der Waals surface area contributed by atoms with E-state index in [0.717, 1.165) is 11.3 Å². The lowest BCUT2D eigenvalue weighted by Crippen LogP contribution is -2.53. The van der Waals surface area contributed by atoms with Gasteiger partial charge < -0.3 is 0 Å². The van der Waals surface area contributed by atoms with Crippen LogP contribution in [0.15, 0.2) is 35.2 Å². The molecule has 1 fully saturated rings. The summed E-state index contributed by atoms with van der Waals surface area (Å²) in [6.07, 6.45) is 1.99. The molecule has 0 radical (unpaired) electrons. The Labute approximate surface area is 146 Å². The lowest BCUT2D eigenvalue weighted by Gasteiger charge is -2.47. The van der Waals surface area contributed by atoms with Gasteiger partial charge in [-0.15, -0.1) is 11.6 Å². The fraction of sp³-hybridized carbons (Fsp3) is 0.500. The number of hydrogen-bond donors (Lipinski definition) is 0. The van der Waals surface area contributed by atoms with E-state index in [1.165, 1.54) is 21.6 Å². The maximum Gasteiger partial charge on any atom is 0.179 e. The van der Waals surface area contributed by atoms with Crippen molar-refractivity contribution in [3.63, 3.8) is 0 Å². The highest BCUT2D eigenvalue weighted by Crippen LogP contribution is 2.65. The first-order valence-electron chi connectivity index (χ1n) is 5.64. The molecule has 0 spiro atoms. The highest BCUT2D eigenvalue weighted by molar-refractivity contribution is 8.77. The number of alkyl halides is 5. The molecular formula is C12H11Cl5S2. The molecule has 1 atom stereocenters. The van der Waals surface area contributed by atoms with Gasteiger partial charge in [0.25, 0.3) is 0 Å². The van der Waals surface area contributed by atoms with Crippen molar-refractivity contribution in [1.29, 1.82) is 0 Å². The fourth-order valence-corrected chi connectivity index (χ4v) is 6.72. The summed E-state index contributed by atoms with van der Waals surface area (Å²) in [6.45, 7) is 0.